The summed E-state index contributed by atoms with van der Waals surface area (Å²) in [6.07, 6.45) is 0.265. The van der Waals surface area contributed by atoms with Crippen LogP contribution in [0.2, 0.25) is 0 Å². The Labute approximate surface area is 178 Å². The minimum absolute atomic E-state index is 0.102. The third-order valence-corrected chi connectivity index (χ3v) is 5.92. The SMILES string of the molecule is COC1=C(OC)C(OC)(OC(C)c2ccccc2)C(C)C(Cc2ccccc2)C1=O. The van der Waals surface area contributed by atoms with E-state index in [-0.39, 0.29) is 35.2 Å². The summed E-state index contributed by atoms with van der Waals surface area (Å²) < 4.78 is 23.7. The third-order valence-electron chi connectivity index (χ3n) is 5.92. The van der Waals surface area contributed by atoms with Gasteiger partial charge in [-0.05, 0) is 24.5 Å². The van der Waals surface area contributed by atoms with Gasteiger partial charge in [0.05, 0.1) is 20.3 Å². The molecule has 3 rings (SSSR count). The maximum atomic E-state index is 13.3. The van der Waals surface area contributed by atoms with Gasteiger partial charge in [-0.1, -0.05) is 67.6 Å². The largest absolute Gasteiger partial charge is 0.492 e. The Balaban J connectivity index is 2.05. The maximum absolute atomic E-state index is 13.3. The molecule has 0 saturated heterocycles. The molecule has 0 fully saturated rings. The lowest BCUT2D eigenvalue weighted by atomic mass is 9.74. The zero-order valence-electron chi connectivity index (χ0n) is 18.3. The second-order valence-corrected chi connectivity index (χ2v) is 7.56. The van der Waals surface area contributed by atoms with E-state index in [2.05, 4.69) is 0 Å². The molecular weight excluding hydrogens is 380 g/mol. The molecule has 5 heteroatoms. The normalized spacial score (nSPS) is 25.2. The van der Waals surface area contributed by atoms with E-state index in [0.29, 0.717) is 6.42 Å². The Bertz CT molecular complexity index is 877. The number of carbonyl (C=O) groups excluding carboxylic acids is 1. The molecule has 2 aromatic carbocycles. The van der Waals surface area contributed by atoms with Crippen molar-refractivity contribution in [2.45, 2.75) is 32.2 Å². The van der Waals surface area contributed by atoms with E-state index in [1.54, 1.807) is 7.11 Å². The van der Waals surface area contributed by atoms with E-state index in [9.17, 15) is 4.79 Å². The molecule has 4 unspecified atom stereocenters. The Morgan fingerprint density at radius 1 is 0.933 bits per heavy atom. The molecule has 1 aliphatic rings. The van der Waals surface area contributed by atoms with Crippen molar-refractivity contribution >= 4 is 5.78 Å². The summed E-state index contributed by atoms with van der Waals surface area (Å²) in [7, 11) is 4.56. The fraction of sp³-hybridized carbons (Fsp3) is 0.400. The van der Waals surface area contributed by atoms with Crippen LogP contribution in [-0.2, 0) is 30.2 Å². The molecule has 4 atom stereocenters. The highest BCUT2D eigenvalue weighted by Crippen LogP contribution is 2.46. The fourth-order valence-corrected chi connectivity index (χ4v) is 4.25. The second kappa shape index (κ2) is 9.45. The molecule has 0 heterocycles. The average Bonchev–Trinajstić information content (AvgIpc) is 2.79. The molecule has 160 valence electrons. The van der Waals surface area contributed by atoms with E-state index in [1.807, 2.05) is 74.5 Å². The average molecular weight is 411 g/mol. The van der Waals surface area contributed by atoms with Crippen LogP contribution in [0.3, 0.4) is 0 Å². The summed E-state index contributed by atoms with van der Waals surface area (Å²) in [4.78, 5) is 13.3. The Morgan fingerprint density at radius 2 is 1.53 bits per heavy atom. The zero-order chi connectivity index (χ0) is 21.7. The van der Waals surface area contributed by atoms with Gasteiger partial charge >= 0.3 is 0 Å². The standard InChI is InChI=1S/C25H30O5/c1-17-21(16-19-12-8-6-9-13-19)22(26)23(27-3)24(28-4)25(17,29-5)30-18(2)20-14-10-7-11-15-20/h6-15,17-18,21H,16H2,1-5H3. The number of hydrogen-bond acceptors (Lipinski definition) is 5. The Kier molecular flexibility index (Phi) is 6.95. The first-order valence-corrected chi connectivity index (χ1v) is 10.2. The number of methoxy groups -OCH3 is 3. The molecule has 30 heavy (non-hydrogen) atoms. The van der Waals surface area contributed by atoms with Crippen molar-refractivity contribution in [1.29, 1.82) is 0 Å². The van der Waals surface area contributed by atoms with Crippen LogP contribution in [0.5, 0.6) is 0 Å². The molecule has 5 nitrogen and oxygen atoms in total. The van der Waals surface area contributed by atoms with E-state index in [4.69, 9.17) is 18.9 Å². The maximum Gasteiger partial charge on any atom is 0.235 e. The topological polar surface area (TPSA) is 54.0 Å². The second-order valence-electron chi connectivity index (χ2n) is 7.56. The van der Waals surface area contributed by atoms with Crippen molar-refractivity contribution in [2.24, 2.45) is 11.8 Å². The third kappa shape index (κ3) is 4.00. The van der Waals surface area contributed by atoms with Gasteiger partial charge in [-0.15, -0.1) is 0 Å². The monoisotopic (exact) mass is 410 g/mol. The van der Waals surface area contributed by atoms with Gasteiger partial charge in [-0.3, -0.25) is 4.79 Å². The summed E-state index contributed by atoms with van der Waals surface area (Å²) >= 11 is 0. The van der Waals surface area contributed by atoms with E-state index in [1.165, 1.54) is 14.2 Å². The van der Waals surface area contributed by atoms with Gasteiger partial charge < -0.3 is 18.9 Å². The molecule has 0 N–H and O–H groups in total. The van der Waals surface area contributed by atoms with E-state index >= 15 is 0 Å². The zero-order valence-corrected chi connectivity index (χ0v) is 18.3. The van der Waals surface area contributed by atoms with Crippen LogP contribution < -0.4 is 0 Å². The number of ketones is 1. The van der Waals surface area contributed by atoms with Gasteiger partial charge in [0.1, 0.15) is 0 Å². The van der Waals surface area contributed by atoms with Crippen LogP contribution in [0.4, 0.5) is 0 Å². The first-order valence-electron chi connectivity index (χ1n) is 10.2. The quantitative estimate of drug-likeness (QED) is 0.591. The Hall–Kier alpha value is -2.63. The molecule has 0 spiro atoms. The smallest absolute Gasteiger partial charge is 0.235 e. The van der Waals surface area contributed by atoms with Crippen LogP contribution in [0, 0.1) is 11.8 Å². The minimum atomic E-state index is -1.26. The highest BCUT2D eigenvalue weighted by atomic mass is 16.7. The number of carbonyl (C=O) groups is 1. The molecule has 0 aromatic heterocycles. The highest BCUT2D eigenvalue weighted by molar-refractivity contribution is 5.97. The number of ether oxygens (including phenoxy) is 4. The van der Waals surface area contributed by atoms with Crippen LogP contribution >= 0.6 is 0 Å². The van der Waals surface area contributed by atoms with Crippen molar-refractivity contribution in [2.75, 3.05) is 21.3 Å². The number of benzene rings is 2. The molecule has 0 saturated carbocycles. The molecule has 0 radical (unpaired) electrons. The highest BCUT2D eigenvalue weighted by Gasteiger charge is 2.56. The summed E-state index contributed by atoms with van der Waals surface area (Å²) in [6, 6.07) is 19.8. The first-order chi connectivity index (χ1) is 14.5. The lowest BCUT2D eigenvalue weighted by Gasteiger charge is -2.46. The molecule has 0 aliphatic heterocycles. The summed E-state index contributed by atoms with van der Waals surface area (Å²) in [6.45, 7) is 3.93. The predicted molar refractivity (Wildman–Crippen MR) is 115 cm³/mol. The summed E-state index contributed by atoms with van der Waals surface area (Å²) in [5, 5.41) is 0. The molecule has 1 aliphatic carbocycles. The number of hydrogen-bond donors (Lipinski definition) is 0. The van der Waals surface area contributed by atoms with Crippen molar-refractivity contribution in [3.63, 3.8) is 0 Å². The van der Waals surface area contributed by atoms with Crippen LogP contribution in [0.1, 0.15) is 31.1 Å². The minimum Gasteiger partial charge on any atom is -0.492 e. The lowest BCUT2D eigenvalue weighted by molar-refractivity contribution is -0.276. The van der Waals surface area contributed by atoms with Crippen molar-refractivity contribution in [3.05, 3.63) is 83.3 Å². The van der Waals surface area contributed by atoms with Crippen molar-refractivity contribution in [3.8, 4) is 0 Å². The van der Waals surface area contributed by atoms with Gasteiger partial charge in [0.2, 0.25) is 23.1 Å². The van der Waals surface area contributed by atoms with E-state index in [0.717, 1.165) is 11.1 Å². The molecule has 0 amide bonds. The summed E-state index contributed by atoms with van der Waals surface area (Å²) in [5.41, 5.74) is 2.08. The first kappa shape index (κ1) is 22.1. The van der Waals surface area contributed by atoms with Crippen LogP contribution in [0.15, 0.2) is 72.2 Å². The van der Waals surface area contributed by atoms with E-state index < -0.39 is 5.79 Å². The molecule has 2 aromatic rings. The van der Waals surface area contributed by atoms with Gasteiger partial charge in [-0.25, -0.2) is 0 Å². The predicted octanol–water partition coefficient (Wildman–Crippen LogP) is 4.69. The van der Waals surface area contributed by atoms with Crippen molar-refractivity contribution in [1.82, 2.24) is 0 Å². The Morgan fingerprint density at radius 3 is 2.07 bits per heavy atom. The van der Waals surface area contributed by atoms with Gasteiger partial charge in [-0.2, -0.15) is 0 Å². The number of Topliss-reactive ketones (excluding diaryl/α,β-unsaturated/α-hetero) is 1. The van der Waals surface area contributed by atoms with Crippen LogP contribution in [0.25, 0.3) is 0 Å². The van der Waals surface area contributed by atoms with Gasteiger partial charge in [0.25, 0.3) is 0 Å². The summed E-state index contributed by atoms with van der Waals surface area (Å²) in [5.74, 6) is -1.63. The van der Waals surface area contributed by atoms with Crippen LogP contribution in [-0.4, -0.2) is 32.9 Å². The van der Waals surface area contributed by atoms with Crippen molar-refractivity contribution < 1.29 is 23.7 Å². The number of rotatable bonds is 8. The molecule has 0 bridgehead atoms. The number of allylic oxidation sites excluding steroid dienone is 1. The van der Waals surface area contributed by atoms with Gasteiger partial charge in [0.15, 0.2) is 0 Å². The van der Waals surface area contributed by atoms with Gasteiger partial charge in [0, 0.05) is 18.9 Å². The fourth-order valence-electron chi connectivity index (χ4n) is 4.25. The lowest BCUT2D eigenvalue weighted by Crippen LogP contribution is -2.54. The molecular formula is C25H30O5.